The van der Waals surface area contributed by atoms with E-state index in [1.807, 2.05) is 6.08 Å². The number of methoxy groups -OCH3 is 2. The second-order valence-electron chi connectivity index (χ2n) is 11.0. The molecule has 4 aliphatic rings. The quantitative estimate of drug-likeness (QED) is 0.212. The molecule has 42 heavy (non-hydrogen) atoms. The first-order valence-electron chi connectivity index (χ1n) is 13.6. The van der Waals surface area contributed by atoms with Gasteiger partial charge in [-0.1, -0.05) is 23.8 Å². The van der Waals surface area contributed by atoms with E-state index in [0.29, 0.717) is 11.1 Å². The van der Waals surface area contributed by atoms with Gasteiger partial charge in [-0.3, -0.25) is 24.1 Å². The van der Waals surface area contributed by atoms with E-state index in [2.05, 4.69) is 0 Å². The standard InChI is InChI=1S/C31H28BNO9/c1-14-9-22(35)26-21(29(14)36)13-20-18(27(26)28-23(41-2)11-17(34)12-24(28)42-3)7-8-19-25(20)31(38)33(30(19)37)16-6-4-5-15(10-16)32(39)40/h4-7,9-12,19-20,25,27,34,39-40H,8,13H2,1-3H3/t19-,20+,25-,27-/m0/s1. The molecular formula is C31H28BNO9. The minimum absolute atomic E-state index is 0.0968. The smallest absolute Gasteiger partial charge is 0.488 e. The van der Waals surface area contributed by atoms with Gasteiger partial charge in [0, 0.05) is 40.3 Å². The lowest BCUT2D eigenvalue weighted by Crippen LogP contribution is -2.40. The Morgan fingerprint density at radius 3 is 2.29 bits per heavy atom. The molecule has 11 heteroatoms. The molecule has 1 aliphatic heterocycles. The van der Waals surface area contributed by atoms with E-state index in [4.69, 9.17) is 9.47 Å². The summed E-state index contributed by atoms with van der Waals surface area (Å²) in [5.41, 5.74) is 2.34. The van der Waals surface area contributed by atoms with Crippen LogP contribution in [0.25, 0.3) is 0 Å². The maximum atomic E-state index is 14.1. The van der Waals surface area contributed by atoms with E-state index in [-0.39, 0.29) is 69.5 Å². The lowest BCUT2D eigenvalue weighted by Gasteiger charge is -2.42. The number of anilines is 1. The maximum absolute atomic E-state index is 14.1. The van der Waals surface area contributed by atoms with Crippen LogP contribution in [-0.2, 0) is 19.2 Å². The number of Topliss-reactive ketones (excluding diaryl/α,β-unsaturated/α-hetero) is 1. The van der Waals surface area contributed by atoms with Crippen LogP contribution in [0.2, 0.25) is 0 Å². The van der Waals surface area contributed by atoms with Gasteiger partial charge in [-0.25, -0.2) is 0 Å². The molecule has 6 rings (SSSR count). The topological polar surface area (TPSA) is 151 Å². The summed E-state index contributed by atoms with van der Waals surface area (Å²) in [6, 6.07) is 8.76. The van der Waals surface area contributed by atoms with Crippen molar-refractivity contribution in [3.05, 3.63) is 76.4 Å². The van der Waals surface area contributed by atoms with E-state index in [1.54, 1.807) is 13.0 Å². The zero-order valence-electron chi connectivity index (χ0n) is 23.2. The normalized spacial score (nSPS) is 25.0. The van der Waals surface area contributed by atoms with E-state index in [0.717, 1.165) is 4.90 Å². The van der Waals surface area contributed by atoms with Crippen LogP contribution in [-0.4, -0.2) is 59.9 Å². The molecule has 214 valence electrons. The highest BCUT2D eigenvalue weighted by Crippen LogP contribution is 2.58. The molecule has 4 atom stereocenters. The van der Waals surface area contributed by atoms with Crippen molar-refractivity contribution in [2.24, 2.45) is 17.8 Å². The molecule has 2 amide bonds. The van der Waals surface area contributed by atoms with E-state index < -0.39 is 42.6 Å². The Morgan fingerprint density at radius 1 is 0.952 bits per heavy atom. The Morgan fingerprint density at radius 2 is 1.64 bits per heavy atom. The molecule has 0 aromatic heterocycles. The molecule has 3 N–H and O–H groups in total. The van der Waals surface area contributed by atoms with Crippen LogP contribution in [0, 0.1) is 17.8 Å². The highest BCUT2D eigenvalue weighted by atomic mass is 16.5. The van der Waals surface area contributed by atoms with E-state index in [9.17, 15) is 34.3 Å². The average Bonchev–Trinajstić information content (AvgIpc) is 3.23. The molecule has 2 aromatic carbocycles. The maximum Gasteiger partial charge on any atom is 0.488 e. The first-order valence-corrected chi connectivity index (χ1v) is 13.6. The van der Waals surface area contributed by atoms with Crippen molar-refractivity contribution in [3.8, 4) is 17.2 Å². The molecule has 0 spiro atoms. The van der Waals surface area contributed by atoms with Gasteiger partial charge >= 0.3 is 7.12 Å². The van der Waals surface area contributed by atoms with Crippen molar-refractivity contribution in [1.82, 2.24) is 0 Å². The van der Waals surface area contributed by atoms with Crippen LogP contribution < -0.4 is 19.8 Å². The molecule has 0 saturated carbocycles. The fourth-order valence-electron chi connectivity index (χ4n) is 7.00. The van der Waals surface area contributed by atoms with Gasteiger partial charge in [0.2, 0.25) is 11.8 Å². The third kappa shape index (κ3) is 4.03. The SMILES string of the molecule is COc1cc(O)cc(OC)c1[C@H]1C2=CC[C@@H]3C(=O)N(c4cccc(B(O)O)c4)C(=O)[C@@H]3[C@@H]2CC2=C1C(=O)C=C(C)C2=O. The van der Waals surface area contributed by atoms with Crippen LogP contribution in [0.5, 0.6) is 17.2 Å². The van der Waals surface area contributed by atoms with Gasteiger partial charge in [-0.15, -0.1) is 0 Å². The largest absolute Gasteiger partial charge is 0.508 e. The Kier molecular flexibility index (Phi) is 6.66. The number of carbonyl (C=O) groups is 4. The molecule has 0 bridgehead atoms. The highest BCUT2D eigenvalue weighted by Gasteiger charge is 2.57. The van der Waals surface area contributed by atoms with Crippen LogP contribution >= 0.6 is 0 Å². The van der Waals surface area contributed by atoms with Gasteiger partial charge in [0.25, 0.3) is 0 Å². The van der Waals surface area contributed by atoms with Gasteiger partial charge < -0.3 is 24.6 Å². The Labute approximate surface area is 241 Å². The second kappa shape index (κ2) is 10.1. The van der Waals surface area contributed by atoms with Gasteiger partial charge in [0.15, 0.2) is 11.6 Å². The van der Waals surface area contributed by atoms with Crippen LogP contribution in [0.1, 0.15) is 31.2 Å². The number of nitrogens with zero attached hydrogens (tertiary/aromatic N) is 1. The number of ketones is 2. The molecule has 1 fully saturated rings. The Hall–Kier alpha value is -4.48. The summed E-state index contributed by atoms with van der Waals surface area (Å²) < 4.78 is 11.2. The number of aromatic hydroxyl groups is 1. The van der Waals surface area contributed by atoms with Crippen molar-refractivity contribution < 1.29 is 43.8 Å². The van der Waals surface area contributed by atoms with E-state index >= 15 is 0 Å². The van der Waals surface area contributed by atoms with Crippen molar-refractivity contribution in [3.63, 3.8) is 0 Å². The molecule has 3 aliphatic carbocycles. The van der Waals surface area contributed by atoms with Gasteiger partial charge in [-0.2, -0.15) is 0 Å². The van der Waals surface area contributed by atoms with Gasteiger partial charge in [0.05, 0.1) is 31.7 Å². The summed E-state index contributed by atoms with van der Waals surface area (Å²) in [5, 5.41) is 29.6. The Balaban J connectivity index is 1.52. The number of carbonyl (C=O) groups excluding carboxylic acids is 4. The minimum atomic E-state index is -1.78. The number of hydrogen-bond acceptors (Lipinski definition) is 9. The number of imide groups is 1. The van der Waals surface area contributed by atoms with Crippen molar-refractivity contribution in [1.29, 1.82) is 0 Å². The minimum Gasteiger partial charge on any atom is -0.508 e. The molecular weight excluding hydrogens is 541 g/mol. The summed E-state index contributed by atoms with van der Waals surface area (Å²) in [5.74, 6) is -4.07. The van der Waals surface area contributed by atoms with E-state index in [1.165, 1.54) is 50.6 Å². The molecule has 0 radical (unpaired) electrons. The number of fused-ring (bicyclic) bond motifs is 3. The lowest BCUT2D eigenvalue weighted by molar-refractivity contribution is -0.123. The number of allylic oxidation sites excluding steroid dienone is 6. The predicted octanol–water partition coefficient (Wildman–Crippen LogP) is 1.72. The number of hydrogen-bond donors (Lipinski definition) is 3. The van der Waals surface area contributed by atoms with Crippen molar-refractivity contribution in [2.45, 2.75) is 25.7 Å². The summed E-state index contributed by atoms with van der Waals surface area (Å²) >= 11 is 0. The number of phenols is 1. The lowest BCUT2D eigenvalue weighted by atomic mass is 9.59. The zero-order chi connectivity index (χ0) is 30.0. The second-order valence-corrected chi connectivity index (χ2v) is 11.0. The zero-order valence-corrected chi connectivity index (χ0v) is 23.2. The monoisotopic (exact) mass is 569 g/mol. The number of benzene rings is 2. The first-order chi connectivity index (χ1) is 20.1. The van der Waals surface area contributed by atoms with Crippen molar-refractivity contribution >= 4 is 41.6 Å². The fraction of sp³-hybridized carbons (Fsp3) is 0.290. The fourth-order valence-corrected chi connectivity index (χ4v) is 7.00. The third-order valence-electron chi connectivity index (χ3n) is 8.81. The molecule has 2 aromatic rings. The summed E-state index contributed by atoms with van der Waals surface area (Å²) in [4.78, 5) is 55.9. The average molecular weight is 569 g/mol. The summed E-state index contributed by atoms with van der Waals surface area (Å²) in [7, 11) is 1.06. The third-order valence-corrected chi connectivity index (χ3v) is 8.81. The Bertz CT molecular complexity index is 1640. The predicted molar refractivity (Wildman–Crippen MR) is 151 cm³/mol. The molecule has 10 nitrogen and oxygen atoms in total. The van der Waals surface area contributed by atoms with Crippen LogP contribution in [0.4, 0.5) is 5.69 Å². The van der Waals surface area contributed by atoms with Crippen LogP contribution in [0.15, 0.2) is 70.8 Å². The molecule has 1 heterocycles. The van der Waals surface area contributed by atoms with Crippen LogP contribution in [0.3, 0.4) is 0 Å². The number of amides is 2. The number of phenolic OH excluding ortho intramolecular Hbond substituents is 1. The highest BCUT2D eigenvalue weighted by molar-refractivity contribution is 6.58. The van der Waals surface area contributed by atoms with Crippen molar-refractivity contribution in [2.75, 3.05) is 19.1 Å². The summed E-state index contributed by atoms with van der Waals surface area (Å²) in [6.45, 7) is 1.57. The number of rotatable bonds is 5. The van der Waals surface area contributed by atoms with Gasteiger partial charge in [-0.05, 0) is 49.4 Å². The van der Waals surface area contributed by atoms with Gasteiger partial charge in [0.1, 0.15) is 17.2 Å². The number of ether oxygens (including phenoxy) is 2. The summed E-state index contributed by atoms with van der Waals surface area (Å²) in [6.07, 6.45) is 3.50. The molecule has 1 saturated heterocycles. The first kappa shape index (κ1) is 27.7. The molecule has 0 unspecified atom stereocenters.